The number of nitrogens with two attached hydrogens (primary N) is 1. The Hall–Kier alpha value is -1.62. The molecular weight excluding hydrogens is 196 g/mol. The molecule has 5 heteroatoms. The summed E-state index contributed by atoms with van der Waals surface area (Å²) in [5, 5.41) is 0. The van der Waals surface area contributed by atoms with Crippen molar-refractivity contribution >= 4 is 11.7 Å². The average Bonchev–Trinajstić information content (AvgIpc) is 2.16. The number of anilines is 1. The van der Waals surface area contributed by atoms with Crippen LogP contribution in [0.25, 0.3) is 0 Å². The Bertz CT molecular complexity index is 346. The minimum absolute atomic E-state index is 0.0775. The third-order valence-corrected chi connectivity index (χ3v) is 2.08. The Labute approximate surface area is 87.2 Å². The zero-order valence-electron chi connectivity index (χ0n) is 8.18. The first-order chi connectivity index (χ1) is 7.24. The second-order valence-corrected chi connectivity index (χ2v) is 3.41. The highest BCUT2D eigenvalue weighted by Crippen LogP contribution is 2.08. The maximum absolute atomic E-state index is 11.4. The third-order valence-electron chi connectivity index (χ3n) is 2.08. The summed E-state index contributed by atoms with van der Waals surface area (Å²) in [6.07, 6.45) is 1.62. The molecule has 80 valence electrons. The number of pyridine rings is 1. The lowest BCUT2D eigenvalue weighted by atomic mass is 10.2. The van der Waals surface area contributed by atoms with Crippen LogP contribution >= 0.6 is 0 Å². The maximum Gasteiger partial charge on any atom is 0.312 e. The van der Waals surface area contributed by atoms with Crippen molar-refractivity contribution in [3.8, 4) is 0 Å². The van der Waals surface area contributed by atoms with Crippen LogP contribution in [0.2, 0.25) is 0 Å². The summed E-state index contributed by atoms with van der Waals surface area (Å²) >= 11 is 0. The van der Waals surface area contributed by atoms with E-state index in [1.165, 1.54) is 6.20 Å². The van der Waals surface area contributed by atoms with Crippen LogP contribution in [0.15, 0.2) is 18.3 Å². The first-order valence-electron chi connectivity index (χ1n) is 4.71. The van der Waals surface area contributed by atoms with E-state index in [9.17, 15) is 4.79 Å². The number of aromatic nitrogens is 1. The third kappa shape index (κ3) is 2.66. The van der Waals surface area contributed by atoms with Crippen LogP contribution in [-0.2, 0) is 20.7 Å². The molecule has 1 saturated heterocycles. The van der Waals surface area contributed by atoms with Gasteiger partial charge in [0.25, 0.3) is 0 Å². The van der Waals surface area contributed by atoms with Gasteiger partial charge < -0.3 is 15.2 Å². The molecule has 15 heavy (non-hydrogen) atoms. The van der Waals surface area contributed by atoms with E-state index in [-0.39, 0.29) is 18.5 Å². The fraction of sp³-hybridized carbons (Fsp3) is 0.400. The quantitative estimate of drug-likeness (QED) is 0.715. The molecule has 0 amide bonds. The minimum atomic E-state index is -0.277. The molecule has 1 aliphatic rings. The standard InChI is InChI=1S/C10H12N2O3/c11-7-1-2-8(12-4-7)3-10(13)15-9-5-14-6-9/h1-2,4,9H,3,5-6,11H2. The molecule has 2 N–H and O–H groups in total. The van der Waals surface area contributed by atoms with Crippen LogP contribution in [0.3, 0.4) is 0 Å². The van der Waals surface area contributed by atoms with E-state index >= 15 is 0 Å². The lowest BCUT2D eigenvalue weighted by molar-refractivity contribution is -0.171. The number of rotatable bonds is 3. The molecular formula is C10H12N2O3. The molecule has 0 spiro atoms. The molecule has 0 bridgehead atoms. The van der Waals surface area contributed by atoms with Gasteiger partial charge in [-0.3, -0.25) is 9.78 Å². The Morgan fingerprint density at radius 3 is 2.93 bits per heavy atom. The first kappa shape index (κ1) is 9.92. The van der Waals surface area contributed by atoms with Crippen molar-refractivity contribution in [1.29, 1.82) is 0 Å². The fourth-order valence-corrected chi connectivity index (χ4v) is 1.20. The van der Waals surface area contributed by atoms with Gasteiger partial charge in [-0.2, -0.15) is 0 Å². The smallest absolute Gasteiger partial charge is 0.312 e. The van der Waals surface area contributed by atoms with E-state index in [0.29, 0.717) is 24.6 Å². The zero-order valence-corrected chi connectivity index (χ0v) is 8.18. The number of hydrogen-bond donors (Lipinski definition) is 1. The molecule has 5 nitrogen and oxygen atoms in total. The molecule has 1 aliphatic heterocycles. The van der Waals surface area contributed by atoms with Gasteiger partial charge in [-0.15, -0.1) is 0 Å². The molecule has 0 atom stereocenters. The van der Waals surface area contributed by atoms with Gasteiger partial charge in [0.2, 0.25) is 0 Å². The predicted octanol–water partition coefficient (Wildman–Crippen LogP) is 0.148. The van der Waals surface area contributed by atoms with Crippen LogP contribution in [0.4, 0.5) is 5.69 Å². The molecule has 0 radical (unpaired) electrons. The summed E-state index contributed by atoms with van der Waals surface area (Å²) in [7, 11) is 0. The molecule has 0 saturated carbocycles. The van der Waals surface area contributed by atoms with E-state index in [1.54, 1.807) is 12.1 Å². The summed E-state index contributed by atoms with van der Waals surface area (Å²) in [5.41, 5.74) is 6.72. The SMILES string of the molecule is Nc1ccc(CC(=O)OC2COC2)nc1. The Kier molecular flexibility index (Phi) is 2.82. The molecule has 0 aliphatic carbocycles. The van der Waals surface area contributed by atoms with Crippen molar-refractivity contribution in [2.24, 2.45) is 0 Å². The number of nitrogen functional groups attached to an aromatic ring is 1. The summed E-state index contributed by atoms with van der Waals surface area (Å²) in [4.78, 5) is 15.4. The van der Waals surface area contributed by atoms with Gasteiger partial charge >= 0.3 is 5.97 Å². The molecule has 2 heterocycles. The monoisotopic (exact) mass is 208 g/mol. The van der Waals surface area contributed by atoms with E-state index in [0.717, 1.165) is 0 Å². The second-order valence-electron chi connectivity index (χ2n) is 3.41. The summed E-state index contributed by atoms with van der Waals surface area (Å²) in [6, 6.07) is 3.43. The second kappa shape index (κ2) is 4.27. The molecule has 0 aromatic carbocycles. The van der Waals surface area contributed by atoms with Crippen molar-refractivity contribution in [3.05, 3.63) is 24.0 Å². The number of hydrogen-bond acceptors (Lipinski definition) is 5. The number of ether oxygens (including phenoxy) is 2. The highest BCUT2D eigenvalue weighted by molar-refractivity contribution is 5.72. The van der Waals surface area contributed by atoms with Crippen LogP contribution in [-0.4, -0.2) is 30.3 Å². The number of carbonyl (C=O) groups excluding carboxylic acids is 1. The molecule has 1 aromatic heterocycles. The predicted molar refractivity (Wildman–Crippen MR) is 53.1 cm³/mol. The van der Waals surface area contributed by atoms with Crippen molar-refractivity contribution in [1.82, 2.24) is 4.98 Å². The van der Waals surface area contributed by atoms with Crippen molar-refractivity contribution < 1.29 is 14.3 Å². The number of carbonyl (C=O) groups is 1. The molecule has 2 rings (SSSR count). The van der Waals surface area contributed by atoms with Crippen molar-refractivity contribution in [3.63, 3.8) is 0 Å². The highest BCUT2D eigenvalue weighted by atomic mass is 16.6. The molecule has 1 aromatic rings. The Morgan fingerprint density at radius 1 is 1.60 bits per heavy atom. The topological polar surface area (TPSA) is 74.4 Å². The van der Waals surface area contributed by atoms with Crippen LogP contribution in [0, 0.1) is 0 Å². The lowest BCUT2D eigenvalue weighted by Crippen LogP contribution is -2.38. The van der Waals surface area contributed by atoms with Crippen LogP contribution in [0.1, 0.15) is 5.69 Å². The van der Waals surface area contributed by atoms with Gasteiger partial charge in [-0.05, 0) is 12.1 Å². The van der Waals surface area contributed by atoms with Gasteiger partial charge in [0.05, 0.1) is 37.2 Å². The largest absolute Gasteiger partial charge is 0.457 e. The minimum Gasteiger partial charge on any atom is -0.457 e. The first-order valence-corrected chi connectivity index (χ1v) is 4.71. The summed E-state index contributed by atoms with van der Waals surface area (Å²) in [5.74, 6) is -0.277. The van der Waals surface area contributed by atoms with Gasteiger partial charge in [0.15, 0.2) is 0 Å². The lowest BCUT2D eigenvalue weighted by Gasteiger charge is -2.25. The maximum atomic E-state index is 11.4. The van der Waals surface area contributed by atoms with Gasteiger partial charge in [-0.1, -0.05) is 0 Å². The van der Waals surface area contributed by atoms with Crippen LogP contribution in [0.5, 0.6) is 0 Å². The van der Waals surface area contributed by atoms with E-state index < -0.39 is 0 Å². The van der Waals surface area contributed by atoms with Crippen molar-refractivity contribution in [2.45, 2.75) is 12.5 Å². The van der Waals surface area contributed by atoms with Crippen molar-refractivity contribution in [2.75, 3.05) is 18.9 Å². The van der Waals surface area contributed by atoms with Gasteiger partial charge in [0, 0.05) is 0 Å². The Morgan fingerprint density at radius 2 is 2.40 bits per heavy atom. The van der Waals surface area contributed by atoms with Gasteiger partial charge in [-0.25, -0.2) is 0 Å². The van der Waals surface area contributed by atoms with E-state index in [2.05, 4.69) is 4.98 Å². The van der Waals surface area contributed by atoms with Crippen LogP contribution < -0.4 is 5.73 Å². The molecule has 0 unspecified atom stereocenters. The van der Waals surface area contributed by atoms with E-state index in [1.807, 2.05) is 0 Å². The zero-order chi connectivity index (χ0) is 10.7. The average molecular weight is 208 g/mol. The number of esters is 1. The number of nitrogens with zero attached hydrogens (tertiary/aromatic N) is 1. The molecule has 1 fully saturated rings. The van der Waals surface area contributed by atoms with Gasteiger partial charge in [0.1, 0.15) is 6.10 Å². The summed E-state index contributed by atoms with van der Waals surface area (Å²) < 4.78 is 9.98. The fourth-order valence-electron chi connectivity index (χ4n) is 1.20. The Balaban J connectivity index is 1.84. The highest BCUT2D eigenvalue weighted by Gasteiger charge is 2.22. The normalized spacial score (nSPS) is 15.7. The summed E-state index contributed by atoms with van der Waals surface area (Å²) in [6.45, 7) is 1.00. The van der Waals surface area contributed by atoms with E-state index in [4.69, 9.17) is 15.2 Å².